The third kappa shape index (κ3) is 2.52. The quantitative estimate of drug-likeness (QED) is 0.528. The molecule has 1 aliphatic rings. The molecule has 1 rings (SSSR count). The Morgan fingerprint density at radius 3 is 2.64 bits per heavy atom. The molecular weight excluding hydrogens is 136 g/mol. The van der Waals surface area contributed by atoms with Crippen LogP contribution in [0.5, 0.6) is 0 Å². The van der Waals surface area contributed by atoms with Crippen molar-refractivity contribution >= 4 is 5.71 Å². The fourth-order valence-corrected chi connectivity index (χ4v) is 1.58. The number of hydrazone groups is 1. The second-order valence-electron chi connectivity index (χ2n) is 3.59. The lowest BCUT2D eigenvalue weighted by Crippen LogP contribution is -2.19. The van der Waals surface area contributed by atoms with E-state index in [0.717, 1.165) is 0 Å². The van der Waals surface area contributed by atoms with Crippen molar-refractivity contribution in [3.8, 4) is 0 Å². The van der Waals surface area contributed by atoms with Gasteiger partial charge in [-0.2, -0.15) is 5.10 Å². The molecule has 0 saturated heterocycles. The van der Waals surface area contributed by atoms with Crippen LogP contribution in [0.15, 0.2) is 5.10 Å². The largest absolute Gasteiger partial charge is 0.303 e. The van der Waals surface area contributed by atoms with Crippen molar-refractivity contribution in [2.24, 2.45) is 11.0 Å². The van der Waals surface area contributed by atoms with Gasteiger partial charge in [-0.05, 0) is 25.2 Å². The molecule has 0 radical (unpaired) electrons. The van der Waals surface area contributed by atoms with Crippen LogP contribution in [0.1, 0.15) is 32.6 Å². The van der Waals surface area contributed by atoms with Gasteiger partial charge in [-0.25, -0.2) is 0 Å². The SMILES string of the molecule is C[C@@H]1CCCC/C1=N/N(C)C. The van der Waals surface area contributed by atoms with Crippen LogP contribution in [0.4, 0.5) is 0 Å². The molecule has 0 N–H and O–H groups in total. The predicted molar refractivity (Wildman–Crippen MR) is 48.8 cm³/mol. The zero-order valence-electron chi connectivity index (χ0n) is 7.80. The van der Waals surface area contributed by atoms with Gasteiger partial charge >= 0.3 is 0 Å². The Hall–Kier alpha value is -0.530. The molecule has 0 heterocycles. The van der Waals surface area contributed by atoms with Crippen LogP contribution in [0.25, 0.3) is 0 Å². The molecule has 2 heteroatoms. The maximum Gasteiger partial charge on any atom is 0.0408 e. The molecule has 0 bridgehead atoms. The fraction of sp³-hybridized carbons (Fsp3) is 0.889. The molecule has 1 fully saturated rings. The molecule has 11 heavy (non-hydrogen) atoms. The highest BCUT2D eigenvalue weighted by molar-refractivity contribution is 5.86. The molecule has 0 aromatic carbocycles. The van der Waals surface area contributed by atoms with Crippen molar-refractivity contribution in [1.82, 2.24) is 5.01 Å². The third-order valence-corrected chi connectivity index (χ3v) is 2.22. The molecule has 0 amide bonds. The van der Waals surface area contributed by atoms with Crippen molar-refractivity contribution in [1.29, 1.82) is 0 Å². The minimum absolute atomic E-state index is 0.714. The van der Waals surface area contributed by atoms with E-state index in [1.807, 2.05) is 19.1 Å². The minimum atomic E-state index is 0.714. The first-order valence-corrected chi connectivity index (χ1v) is 4.45. The van der Waals surface area contributed by atoms with Gasteiger partial charge in [0.15, 0.2) is 0 Å². The van der Waals surface area contributed by atoms with E-state index < -0.39 is 0 Å². The lowest BCUT2D eigenvalue weighted by Gasteiger charge is -2.21. The number of hydrogen-bond acceptors (Lipinski definition) is 2. The summed E-state index contributed by atoms with van der Waals surface area (Å²) < 4.78 is 0. The summed E-state index contributed by atoms with van der Waals surface area (Å²) in [6.07, 6.45) is 5.25. The van der Waals surface area contributed by atoms with Gasteiger partial charge in [0.1, 0.15) is 0 Å². The molecule has 2 nitrogen and oxygen atoms in total. The number of hydrogen-bond donors (Lipinski definition) is 0. The van der Waals surface area contributed by atoms with Gasteiger partial charge in [-0.15, -0.1) is 0 Å². The average molecular weight is 154 g/mol. The van der Waals surface area contributed by atoms with Crippen LogP contribution < -0.4 is 0 Å². The van der Waals surface area contributed by atoms with E-state index in [-0.39, 0.29) is 0 Å². The van der Waals surface area contributed by atoms with E-state index in [2.05, 4.69) is 12.0 Å². The van der Waals surface area contributed by atoms with Crippen molar-refractivity contribution in [3.05, 3.63) is 0 Å². The molecule has 0 aliphatic heterocycles. The van der Waals surface area contributed by atoms with Crippen LogP contribution in [0.2, 0.25) is 0 Å². The van der Waals surface area contributed by atoms with E-state index in [1.54, 1.807) is 0 Å². The van der Waals surface area contributed by atoms with Crippen LogP contribution in [-0.4, -0.2) is 24.8 Å². The topological polar surface area (TPSA) is 15.6 Å². The van der Waals surface area contributed by atoms with Gasteiger partial charge < -0.3 is 5.01 Å². The fourth-order valence-electron chi connectivity index (χ4n) is 1.58. The van der Waals surface area contributed by atoms with Crippen LogP contribution in [0, 0.1) is 5.92 Å². The van der Waals surface area contributed by atoms with Crippen molar-refractivity contribution in [2.75, 3.05) is 14.1 Å². The van der Waals surface area contributed by atoms with E-state index in [4.69, 9.17) is 0 Å². The van der Waals surface area contributed by atoms with Crippen molar-refractivity contribution in [3.63, 3.8) is 0 Å². The molecule has 1 atom stereocenters. The average Bonchev–Trinajstić information content (AvgIpc) is 1.93. The van der Waals surface area contributed by atoms with Gasteiger partial charge in [0.2, 0.25) is 0 Å². The minimum Gasteiger partial charge on any atom is -0.303 e. The molecule has 1 saturated carbocycles. The van der Waals surface area contributed by atoms with E-state index in [0.29, 0.717) is 5.92 Å². The number of nitrogens with zero attached hydrogens (tertiary/aromatic N) is 2. The lowest BCUT2D eigenvalue weighted by atomic mass is 9.89. The summed E-state index contributed by atoms with van der Waals surface area (Å²) in [5.74, 6) is 0.714. The zero-order chi connectivity index (χ0) is 8.27. The predicted octanol–water partition coefficient (Wildman–Crippen LogP) is 2.11. The summed E-state index contributed by atoms with van der Waals surface area (Å²) >= 11 is 0. The second-order valence-corrected chi connectivity index (χ2v) is 3.59. The Balaban J connectivity index is 2.53. The first-order chi connectivity index (χ1) is 5.20. The smallest absolute Gasteiger partial charge is 0.0408 e. The Kier molecular flexibility index (Phi) is 2.92. The standard InChI is InChI=1S/C9H18N2/c1-8-6-4-5-7-9(8)10-11(2)3/h8H,4-7H2,1-3H3/b10-9-/t8-/m1/s1. The Bertz CT molecular complexity index is 150. The molecule has 0 aromatic heterocycles. The molecule has 1 aliphatic carbocycles. The maximum atomic E-state index is 4.47. The van der Waals surface area contributed by atoms with Gasteiger partial charge in [-0.1, -0.05) is 13.3 Å². The summed E-state index contributed by atoms with van der Waals surface area (Å²) in [6.45, 7) is 2.28. The third-order valence-electron chi connectivity index (χ3n) is 2.22. The summed E-state index contributed by atoms with van der Waals surface area (Å²) in [6, 6.07) is 0. The first kappa shape index (κ1) is 8.57. The summed E-state index contributed by atoms with van der Waals surface area (Å²) in [5.41, 5.74) is 1.39. The van der Waals surface area contributed by atoms with Gasteiger partial charge in [0.25, 0.3) is 0 Å². The molecule has 0 spiro atoms. The Morgan fingerprint density at radius 2 is 2.09 bits per heavy atom. The first-order valence-electron chi connectivity index (χ1n) is 4.45. The monoisotopic (exact) mass is 154 g/mol. The van der Waals surface area contributed by atoms with E-state index in [9.17, 15) is 0 Å². The molecule has 0 unspecified atom stereocenters. The van der Waals surface area contributed by atoms with E-state index in [1.165, 1.54) is 31.4 Å². The normalized spacial score (nSPS) is 29.0. The second kappa shape index (κ2) is 3.74. The highest BCUT2D eigenvalue weighted by atomic mass is 15.4. The van der Waals surface area contributed by atoms with Gasteiger partial charge in [0.05, 0.1) is 0 Å². The molecule has 0 aromatic rings. The summed E-state index contributed by atoms with van der Waals surface area (Å²) in [4.78, 5) is 0. The lowest BCUT2D eigenvalue weighted by molar-refractivity contribution is 0.422. The summed E-state index contributed by atoms with van der Waals surface area (Å²) in [7, 11) is 3.99. The van der Waals surface area contributed by atoms with Gasteiger partial charge in [0, 0.05) is 19.8 Å². The summed E-state index contributed by atoms with van der Waals surface area (Å²) in [5, 5.41) is 6.38. The highest BCUT2D eigenvalue weighted by Crippen LogP contribution is 2.21. The van der Waals surface area contributed by atoms with Crippen molar-refractivity contribution in [2.45, 2.75) is 32.6 Å². The van der Waals surface area contributed by atoms with Crippen LogP contribution in [-0.2, 0) is 0 Å². The molecular formula is C9H18N2. The zero-order valence-corrected chi connectivity index (χ0v) is 7.80. The Morgan fingerprint density at radius 1 is 1.36 bits per heavy atom. The number of rotatable bonds is 1. The molecule has 64 valence electrons. The maximum absolute atomic E-state index is 4.47. The van der Waals surface area contributed by atoms with Gasteiger partial charge in [-0.3, -0.25) is 0 Å². The highest BCUT2D eigenvalue weighted by Gasteiger charge is 2.15. The Labute approximate surface area is 69.3 Å². The van der Waals surface area contributed by atoms with E-state index >= 15 is 0 Å². The van der Waals surface area contributed by atoms with Crippen LogP contribution in [0.3, 0.4) is 0 Å². The van der Waals surface area contributed by atoms with Crippen molar-refractivity contribution < 1.29 is 0 Å². The van der Waals surface area contributed by atoms with Crippen LogP contribution >= 0.6 is 0 Å².